The van der Waals surface area contributed by atoms with Crippen LogP contribution in [0.25, 0.3) is 10.6 Å². The Bertz CT molecular complexity index is 956. The molecule has 0 bridgehead atoms. The average molecular weight is 363 g/mol. The van der Waals surface area contributed by atoms with Crippen LogP contribution in [0.1, 0.15) is 30.2 Å². The normalized spacial score (nSPS) is 16.9. The summed E-state index contributed by atoms with van der Waals surface area (Å²) in [5.41, 5.74) is 2.21. The molecule has 1 unspecified atom stereocenters. The van der Waals surface area contributed by atoms with Gasteiger partial charge in [0.05, 0.1) is 4.88 Å². The first-order chi connectivity index (χ1) is 12.8. The molecule has 5 nitrogen and oxygen atoms in total. The maximum absolute atomic E-state index is 9.02. The molecule has 0 spiro atoms. The summed E-state index contributed by atoms with van der Waals surface area (Å²) in [5.74, 6) is 0.724. The van der Waals surface area contributed by atoms with Crippen LogP contribution in [0.3, 0.4) is 0 Å². The topological polar surface area (TPSA) is 60.1 Å². The van der Waals surface area contributed by atoms with E-state index >= 15 is 0 Å². The van der Waals surface area contributed by atoms with Crippen molar-refractivity contribution in [2.45, 2.75) is 25.3 Å². The molecule has 0 N–H and O–H groups in total. The molecular formula is C20H17N3O2S. The third kappa shape index (κ3) is 3.48. The standard InChI is InChI=1S/C20H17N3O2S/c21-13-16-6-7-20(26-16)17-8-9-23(22-17)18(19-14-24-10-11-25-19)12-15-4-2-1-3-5-15/h1-2,4,6-11,14,18H,3,5,12H2. The van der Waals surface area contributed by atoms with Crippen molar-refractivity contribution in [2.24, 2.45) is 0 Å². The van der Waals surface area contributed by atoms with Crippen molar-refractivity contribution < 1.29 is 9.47 Å². The monoisotopic (exact) mass is 363 g/mol. The van der Waals surface area contributed by atoms with Crippen molar-refractivity contribution in [3.63, 3.8) is 0 Å². The summed E-state index contributed by atoms with van der Waals surface area (Å²) in [6.45, 7) is 0. The zero-order valence-corrected chi connectivity index (χ0v) is 14.9. The van der Waals surface area contributed by atoms with Crippen molar-refractivity contribution in [3.05, 3.63) is 77.6 Å². The number of allylic oxidation sites excluding steroid dienone is 5. The van der Waals surface area contributed by atoms with Gasteiger partial charge >= 0.3 is 0 Å². The molecule has 2 aromatic rings. The number of hydrogen-bond acceptors (Lipinski definition) is 5. The van der Waals surface area contributed by atoms with Crippen LogP contribution in [0.5, 0.6) is 0 Å². The van der Waals surface area contributed by atoms with E-state index in [1.54, 1.807) is 12.5 Å². The van der Waals surface area contributed by atoms with Crippen LogP contribution in [0, 0.1) is 11.3 Å². The molecule has 6 heteroatoms. The molecular weight excluding hydrogens is 346 g/mol. The molecule has 26 heavy (non-hydrogen) atoms. The fourth-order valence-corrected chi connectivity index (χ4v) is 3.77. The molecule has 2 aliphatic rings. The van der Waals surface area contributed by atoms with Crippen LogP contribution >= 0.6 is 11.3 Å². The van der Waals surface area contributed by atoms with E-state index in [2.05, 4.69) is 24.3 Å². The molecule has 0 aromatic carbocycles. The Morgan fingerprint density at radius 2 is 2.27 bits per heavy atom. The lowest BCUT2D eigenvalue weighted by atomic mass is 9.97. The first-order valence-electron chi connectivity index (χ1n) is 8.41. The number of hydrogen-bond donors (Lipinski definition) is 0. The Kier molecular flexibility index (Phi) is 4.71. The van der Waals surface area contributed by atoms with E-state index < -0.39 is 0 Å². The Hall–Kier alpha value is -3.04. The molecule has 0 fully saturated rings. The number of thiophene rings is 1. The lowest BCUT2D eigenvalue weighted by Gasteiger charge is -2.23. The summed E-state index contributed by atoms with van der Waals surface area (Å²) in [5, 5.41) is 13.8. The largest absolute Gasteiger partial charge is 0.466 e. The molecule has 1 aliphatic carbocycles. The van der Waals surface area contributed by atoms with Gasteiger partial charge < -0.3 is 9.47 Å². The molecule has 130 valence electrons. The van der Waals surface area contributed by atoms with Gasteiger partial charge in [-0.25, -0.2) is 0 Å². The first-order valence-corrected chi connectivity index (χ1v) is 9.22. The lowest BCUT2D eigenvalue weighted by molar-refractivity contribution is 0.213. The molecule has 1 aliphatic heterocycles. The van der Waals surface area contributed by atoms with Gasteiger partial charge in [-0.2, -0.15) is 10.4 Å². The van der Waals surface area contributed by atoms with Crippen molar-refractivity contribution in [3.8, 4) is 16.6 Å². The van der Waals surface area contributed by atoms with Crippen molar-refractivity contribution in [1.82, 2.24) is 9.78 Å². The Labute approximate surface area is 155 Å². The van der Waals surface area contributed by atoms with Gasteiger partial charge in [0.15, 0.2) is 5.76 Å². The number of ether oxygens (including phenoxy) is 2. The van der Waals surface area contributed by atoms with Gasteiger partial charge in [-0.15, -0.1) is 11.3 Å². The fourth-order valence-electron chi connectivity index (χ4n) is 3.00. The van der Waals surface area contributed by atoms with Gasteiger partial charge in [0, 0.05) is 6.20 Å². The zero-order valence-electron chi connectivity index (χ0n) is 14.0. The molecule has 4 rings (SSSR count). The zero-order chi connectivity index (χ0) is 17.8. The van der Waals surface area contributed by atoms with E-state index in [-0.39, 0.29) is 6.04 Å². The van der Waals surface area contributed by atoms with E-state index in [0.29, 0.717) is 4.88 Å². The van der Waals surface area contributed by atoms with Crippen LogP contribution < -0.4 is 0 Å². The van der Waals surface area contributed by atoms with E-state index in [1.165, 1.54) is 23.2 Å². The third-order valence-corrected chi connectivity index (χ3v) is 5.32. The Morgan fingerprint density at radius 3 is 3.00 bits per heavy atom. The first kappa shape index (κ1) is 16.4. The van der Waals surface area contributed by atoms with Crippen LogP contribution in [0.2, 0.25) is 0 Å². The predicted molar refractivity (Wildman–Crippen MR) is 99.8 cm³/mol. The molecule has 0 amide bonds. The highest BCUT2D eigenvalue weighted by atomic mass is 32.1. The van der Waals surface area contributed by atoms with Crippen LogP contribution in [0.15, 0.2) is 72.7 Å². The van der Waals surface area contributed by atoms with Gasteiger partial charge in [-0.3, -0.25) is 4.68 Å². The van der Waals surface area contributed by atoms with Crippen LogP contribution in [0.4, 0.5) is 0 Å². The van der Waals surface area contributed by atoms with E-state index in [4.69, 9.17) is 19.8 Å². The van der Waals surface area contributed by atoms with Gasteiger partial charge in [0.1, 0.15) is 41.5 Å². The maximum Gasteiger partial charge on any atom is 0.163 e. The minimum Gasteiger partial charge on any atom is -0.466 e. The van der Waals surface area contributed by atoms with Crippen molar-refractivity contribution in [1.29, 1.82) is 5.26 Å². The SMILES string of the molecule is N#Cc1ccc(-c2ccn(C(CC3=CC=CCC3)C3=COC=CO3)n2)s1. The average Bonchev–Trinajstić information content (AvgIpc) is 3.37. The second-order valence-electron chi connectivity index (χ2n) is 6.01. The van der Waals surface area contributed by atoms with Gasteiger partial charge in [-0.05, 0) is 37.5 Å². The number of nitrogens with zero attached hydrogens (tertiary/aromatic N) is 3. The summed E-state index contributed by atoms with van der Waals surface area (Å²) in [6.07, 6.45) is 16.0. The van der Waals surface area contributed by atoms with Crippen molar-refractivity contribution in [2.75, 3.05) is 0 Å². The van der Waals surface area contributed by atoms with Gasteiger partial charge in [-0.1, -0.05) is 23.8 Å². The number of aromatic nitrogens is 2. The van der Waals surface area contributed by atoms with E-state index in [9.17, 15) is 0 Å². The highest BCUT2D eigenvalue weighted by Crippen LogP contribution is 2.33. The minimum atomic E-state index is -0.0816. The van der Waals surface area contributed by atoms with E-state index in [0.717, 1.165) is 35.6 Å². The number of rotatable bonds is 5. The molecule has 0 saturated heterocycles. The summed E-state index contributed by atoms with van der Waals surface area (Å²) in [7, 11) is 0. The Balaban J connectivity index is 1.63. The second kappa shape index (κ2) is 7.46. The van der Waals surface area contributed by atoms with Crippen LogP contribution in [-0.4, -0.2) is 9.78 Å². The summed E-state index contributed by atoms with van der Waals surface area (Å²) >= 11 is 1.44. The van der Waals surface area contributed by atoms with E-state index in [1.807, 2.05) is 29.1 Å². The molecule has 1 atom stereocenters. The van der Waals surface area contributed by atoms with Gasteiger partial charge in [0.25, 0.3) is 0 Å². The molecule has 0 saturated carbocycles. The molecule has 0 radical (unpaired) electrons. The fraction of sp³-hybridized carbons (Fsp3) is 0.200. The van der Waals surface area contributed by atoms with Gasteiger partial charge in [0.2, 0.25) is 0 Å². The molecule has 3 heterocycles. The Morgan fingerprint density at radius 1 is 1.31 bits per heavy atom. The number of nitriles is 1. The lowest BCUT2D eigenvalue weighted by Crippen LogP contribution is -2.16. The van der Waals surface area contributed by atoms with Crippen molar-refractivity contribution >= 4 is 11.3 Å². The summed E-state index contributed by atoms with van der Waals surface area (Å²) in [4.78, 5) is 1.66. The molecule has 2 aromatic heterocycles. The highest BCUT2D eigenvalue weighted by Gasteiger charge is 2.23. The summed E-state index contributed by atoms with van der Waals surface area (Å²) < 4.78 is 12.9. The predicted octanol–water partition coefficient (Wildman–Crippen LogP) is 5.05. The highest BCUT2D eigenvalue weighted by molar-refractivity contribution is 7.15. The smallest absolute Gasteiger partial charge is 0.163 e. The quantitative estimate of drug-likeness (QED) is 0.746. The second-order valence-corrected chi connectivity index (χ2v) is 7.10. The third-order valence-electron chi connectivity index (χ3n) is 4.30. The summed E-state index contributed by atoms with van der Waals surface area (Å²) in [6, 6.07) is 7.81. The maximum atomic E-state index is 9.02. The van der Waals surface area contributed by atoms with Crippen LogP contribution in [-0.2, 0) is 9.47 Å². The minimum absolute atomic E-state index is 0.0816.